The van der Waals surface area contributed by atoms with Gasteiger partial charge < -0.3 is 10.1 Å². The van der Waals surface area contributed by atoms with Gasteiger partial charge in [-0.15, -0.1) is 0 Å². The number of carbonyl (C=O) groups excluding carboxylic acids is 1. The fourth-order valence-corrected chi connectivity index (χ4v) is 2.08. The molecule has 1 aromatic rings. The van der Waals surface area contributed by atoms with Gasteiger partial charge in [-0.3, -0.25) is 4.79 Å². The molecule has 1 rings (SSSR count). The Morgan fingerprint density at radius 3 is 2.56 bits per heavy atom. The molecule has 1 unspecified atom stereocenters. The molecule has 0 radical (unpaired) electrons. The van der Waals surface area contributed by atoms with Crippen LogP contribution in [0, 0.1) is 0 Å². The summed E-state index contributed by atoms with van der Waals surface area (Å²) in [5, 5.41) is 2.94. The van der Waals surface area contributed by atoms with Crippen LogP contribution < -0.4 is 5.32 Å². The van der Waals surface area contributed by atoms with Gasteiger partial charge in [0.15, 0.2) is 0 Å². The van der Waals surface area contributed by atoms with Crippen molar-refractivity contribution < 1.29 is 9.53 Å². The second-order valence-electron chi connectivity index (χ2n) is 4.75. The number of rotatable bonds is 6. The number of benzene rings is 1. The number of hydrogen-bond acceptors (Lipinski definition) is 2. The molecule has 0 spiro atoms. The van der Waals surface area contributed by atoms with E-state index in [-0.39, 0.29) is 10.7 Å². The lowest BCUT2D eigenvalue weighted by Crippen LogP contribution is -2.42. The van der Waals surface area contributed by atoms with E-state index in [1.54, 1.807) is 7.11 Å². The van der Waals surface area contributed by atoms with Crippen molar-refractivity contribution in [2.75, 3.05) is 20.3 Å². The molecule has 3 nitrogen and oxygen atoms in total. The van der Waals surface area contributed by atoms with E-state index in [1.165, 1.54) is 0 Å². The number of alkyl halides is 1. The lowest BCUT2D eigenvalue weighted by atomic mass is 9.84. The van der Waals surface area contributed by atoms with E-state index < -0.39 is 5.41 Å². The maximum Gasteiger partial charge on any atom is 0.230 e. The minimum absolute atomic E-state index is 0.0225. The van der Waals surface area contributed by atoms with E-state index in [4.69, 9.17) is 4.74 Å². The standard InChI is InChI=1S/C14H20BrNO2/c1-14(2,11-7-5-4-6-8-11)13(17)16-9-12(15)10-18-3/h4-8,12H,9-10H2,1-3H3,(H,16,17). The third-order valence-corrected chi connectivity index (χ3v) is 3.48. The molecule has 0 bridgehead atoms. The predicted molar refractivity (Wildman–Crippen MR) is 77.1 cm³/mol. The van der Waals surface area contributed by atoms with E-state index >= 15 is 0 Å². The second kappa shape index (κ2) is 6.90. The third-order valence-electron chi connectivity index (χ3n) is 2.89. The van der Waals surface area contributed by atoms with E-state index in [0.717, 1.165) is 5.56 Å². The van der Waals surface area contributed by atoms with Crippen molar-refractivity contribution >= 4 is 21.8 Å². The van der Waals surface area contributed by atoms with Crippen LogP contribution in [0.2, 0.25) is 0 Å². The topological polar surface area (TPSA) is 38.3 Å². The summed E-state index contributed by atoms with van der Waals surface area (Å²) in [6.45, 7) is 4.99. The lowest BCUT2D eigenvalue weighted by molar-refractivity contribution is -0.125. The van der Waals surface area contributed by atoms with E-state index in [0.29, 0.717) is 13.2 Å². The number of hydrogen-bond donors (Lipinski definition) is 1. The van der Waals surface area contributed by atoms with Crippen molar-refractivity contribution in [3.8, 4) is 0 Å². The van der Waals surface area contributed by atoms with Crippen LogP contribution in [0.5, 0.6) is 0 Å². The SMILES string of the molecule is COCC(Br)CNC(=O)C(C)(C)c1ccccc1. The Hall–Kier alpha value is -0.870. The molecule has 0 saturated heterocycles. The Bertz CT molecular complexity index is 379. The molecule has 1 aromatic carbocycles. The second-order valence-corrected chi connectivity index (χ2v) is 6.05. The maximum absolute atomic E-state index is 12.2. The van der Waals surface area contributed by atoms with Crippen LogP contribution in [-0.4, -0.2) is 31.0 Å². The summed E-state index contributed by atoms with van der Waals surface area (Å²) in [5.74, 6) is 0.0225. The molecular weight excluding hydrogens is 294 g/mol. The fraction of sp³-hybridized carbons (Fsp3) is 0.500. The molecule has 0 aromatic heterocycles. The molecule has 0 heterocycles. The smallest absolute Gasteiger partial charge is 0.230 e. The highest BCUT2D eigenvalue weighted by Crippen LogP contribution is 2.22. The zero-order valence-electron chi connectivity index (χ0n) is 11.1. The van der Waals surface area contributed by atoms with E-state index in [1.807, 2.05) is 44.2 Å². The van der Waals surface area contributed by atoms with Crippen molar-refractivity contribution in [3.63, 3.8) is 0 Å². The molecule has 4 heteroatoms. The first-order valence-electron chi connectivity index (χ1n) is 5.95. The van der Waals surface area contributed by atoms with E-state index in [9.17, 15) is 4.79 Å². The minimum Gasteiger partial charge on any atom is -0.383 e. The van der Waals surface area contributed by atoms with Crippen LogP contribution in [0.3, 0.4) is 0 Å². The molecule has 0 fully saturated rings. The summed E-state index contributed by atoms with van der Waals surface area (Å²) < 4.78 is 5.01. The highest BCUT2D eigenvalue weighted by atomic mass is 79.9. The summed E-state index contributed by atoms with van der Waals surface area (Å²) in [5.41, 5.74) is 0.487. The molecule has 0 aliphatic rings. The summed E-state index contributed by atoms with van der Waals surface area (Å²) >= 11 is 3.45. The number of amides is 1. The van der Waals surface area contributed by atoms with Crippen LogP contribution in [0.15, 0.2) is 30.3 Å². The number of carbonyl (C=O) groups is 1. The average molecular weight is 314 g/mol. The quantitative estimate of drug-likeness (QED) is 0.819. The van der Waals surface area contributed by atoms with Gasteiger partial charge >= 0.3 is 0 Å². The molecular formula is C14H20BrNO2. The van der Waals surface area contributed by atoms with Crippen LogP contribution in [0.1, 0.15) is 19.4 Å². The Kier molecular flexibility index (Phi) is 5.82. The van der Waals surface area contributed by atoms with Gasteiger partial charge in [0, 0.05) is 13.7 Å². The summed E-state index contributed by atoms with van der Waals surface area (Å²) in [4.78, 5) is 12.3. The number of ether oxygens (including phenoxy) is 1. The monoisotopic (exact) mass is 313 g/mol. The number of methoxy groups -OCH3 is 1. The van der Waals surface area contributed by atoms with Gasteiger partial charge in [-0.25, -0.2) is 0 Å². The third kappa shape index (κ3) is 4.10. The molecule has 0 saturated carbocycles. The Labute approximate surface area is 117 Å². The first-order valence-corrected chi connectivity index (χ1v) is 6.87. The minimum atomic E-state index is -0.527. The van der Waals surface area contributed by atoms with Gasteiger partial charge in [0.25, 0.3) is 0 Å². The van der Waals surface area contributed by atoms with Crippen molar-refractivity contribution in [2.24, 2.45) is 0 Å². The highest BCUT2D eigenvalue weighted by molar-refractivity contribution is 9.09. The van der Waals surface area contributed by atoms with Crippen molar-refractivity contribution in [2.45, 2.75) is 24.1 Å². The zero-order valence-corrected chi connectivity index (χ0v) is 12.7. The molecule has 1 amide bonds. The van der Waals surface area contributed by atoms with Crippen LogP contribution in [0.4, 0.5) is 0 Å². The molecule has 1 N–H and O–H groups in total. The first-order chi connectivity index (χ1) is 8.48. The van der Waals surface area contributed by atoms with Gasteiger partial charge in [0.1, 0.15) is 0 Å². The van der Waals surface area contributed by atoms with Gasteiger partial charge in [0.2, 0.25) is 5.91 Å². The maximum atomic E-state index is 12.2. The van der Waals surface area contributed by atoms with Gasteiger partial charge in [-0.1, -0.05) is 46.3 Å². The van der Waals surface area contributed by atoms with Gasteiger partial charge in [0.05, 0.1) is 16.8 Å². The Balaban J connectivity index is 2.60. The van der Waals surface area contributed by atoms with Gasteiger partial charge in [-0.2, -0.15) is 0 Å². The normalized spacial score (nSPS) is 13.1. The highest BCUT2D eigenvalue weighted by Gasteiger charge is 2.29. The van der Waals surface area contributed by atoms with Crippen LogP contribution >= 0.6 is 15.9 Å². The molecule has 0 aliphatic carbocycles. The van der Waals surface area contributed by atoms with Crippen LogP contribution in [-0.2, 0) is 14.9 Å². The number of nitrogens with one attached hydrogen (secondary N) is 1. The summed E-state index contributed by atoms with van der Waals surface area (Å²) in [6, 6.07) is 9.79. The lowest BCUT2D eigenvalue weighted by Gasteiger charge is -2.24. The van der Waals surface area contributed by atoms with Crippen molar-refractivity contribution in [1.82, 2.24) is 5.32 Å². The predicted octanol–water partition coefficient (Wildman–Crippen LogP) is 2.49. The Morgan fingerprint density at radius 2 is 2.00 bits per heavy atom. The van der Waals surface area contributed by atoms with Gasteiger partial charge in [-0.05, 0) is 19.4 Å². The largest absolute Gasteiger partial charge is 0.383 e. The zero-order chi connectivity index (χ0) is 13.6. The fourth-order valence-electron chi connectivity index (χ4n) is 1.65. The summed E-state index contributed by atoms with van der Waals surface area (Å²) in [7, 11) is 1.64. The molecule has 100 valence electrons. The van der Waals surface area contributed by atoms with Crippen molar-refractivity contribution in [3.05, 3.63) is 35.9 Å². The van der Waals surface area contributed by atoms with Crippen molar-refractivity contribution in [1.29, 1.82) is 0 Å². The number of halogens is 1. The summed E-state index contributed by atoms with van der Waals surface area (Å²) in [6.07, 6.45) is 0. The Morgan fingerprint density at radius 1 is 1.39 bits per heavy atom. The molecule has 18 heavy (non-hydrogen) atoms. The molecule has 1 atom stereocenters. The van der Waals surface area contributed by atoms with E-state index in [2.05, 4.69) is 21.2 Å². The average Bonchev–Trinajstić information content (AvgIpc) is 2.37. The molecule has 0 aliphatic heterocycles. The first kappa shape index (κ1) is 15.2. The van der Waals surface area contributed by atoms with Crippen LogP contribution in [0.25, 0.3) is 0 Å².